The highest BCUT2D eigenvalue weighted by molar-refractivity contribution is 5.99. The maximum atomic E-state index is 8.80. The topological polar surface area (TPSA) is 96.9 Å². The molecule has 0 saturated carbocycles. The van der Waals surface area contributed by atoms with Crippen LogP contribution in [0.25, 0.3) is 0 Å². The van der Waals surface area contributed by atoms with Crippen molar-refractivity contribution in [3.05, 3.63) is 18.1 Å². The second-order valence-electron chi connectivity index (χ2n) is 4.70. The average Bonchev–Trinajstić information content (AvgIpc) is 2.47. The maximum Gasteiger partial charge on any atom is 0.192 e. The van der Waals surface area contributed by atoms with Gasteiger partial charge in [0, 0.05) is 32.6 Å². The summed E-state index contributed by atoms with van der Waals surface area (Å²) in [4.78, 5) is 10.5. The summed E-state index contributed by atoms with van der Waals surface area (Å²) in [6.45, 7) is 3.75. The van der Waals surface area contributed by atoms with Crippen molar-refractivity contribution < 1.29 is 9.94 Å². The van der Waals surface area contributed by atoms with E-state index in [0.717, 1.165) is 19.5 Å². The fraction of sp³-hybridized carbons (Fsp3) is 0.583. The third kappa shape index (κ3) is 2.76. The molecule has 2 atom stereocenters. The summed E-state index contributed by atoms with van der Waals surface area (Å²) in [5, 5.41) is 11.8. The van der Waals surface area contributed by atoms with Gasteiger partial charge in [0.15, 0.2) is 17.3 Å². The number of ether oxygens (including phenoxy) is 1. The van der Waals surface area contributed by atoms with E-state index in [1.165, 1.54) is 6.20 Å². The Kier molecular flexibility index (Phi) is 4.16. The largest absolute Gasteiger partial charge is 0.409 e. The van der Waals surface area contributed by atoms with Gasteiger partial charge in [-0.15, -0.1) is 0 Å². The zero-order valence-electron chi connectivity index (χ0n) is 11.2. The Hall–Kier alpha value is -1.89. The number of rotatable bonds is 3. The molecule has 0 aromatic carbocycles. The SMILES string of the molecule is COC1CN(c2nccnc2C(N)=NO)CCC1C. The predicted octanol–water partition coefficient (Wildman–Crippen LogP) is 0.432. The minimum absolute atomic E-state index is 0.0318. The van der Waals surface area contributed by atoms with Crippen LogP contribution in [0.3, 0.4) is 0 Å². The molecule has 7 heteroatoms. The lowest BCUT2D eigenvalue weighted by Crippen LogP contribution is -2.45. The molecular formula is C12H19N5O2. The van der Waals surface area contributed by atoms with Gasteiger partial charge in [-0.25, -0.2) is 9.97 Å². The first-order valence-corrected chi connectivity index (χ1v) is 6.24. The van der Waals surface area contributed by atoms with Crippen LogP contribution in [0.5, 0.6) is 0 Å². The van der Waals surface area contributed by atoms with Crippen molar-refractivity contribution in [2.24, 2.45) is 16.8 Å². The number of nitrogens with zero attached hydrogens (tertiary/aromatic N) is 4. The molecule has 3 N–H and O–H groups in total. The molecule has 0 amide bonds. The third-order valence-electron chi connectivity index (χ3n) is 3.52. The molecule has 19 heavy (non-hydrogen) atoms. The Morgan fingerprint density at radius 1 is 1.53 bits per heavy atom. The zero-order chi connectivity index (χ0) is 13.8. The van der Waals surface area contributed by atoms with Crippen LogP contribution in [0.2, 0.25) is 0 Å². The third-order valence-corrected chi connectivity index (χ3v) is 3.52. The van der Waals surface area contributed by atoms with Gasteiger partial charge in [-0.3, -0.25) is 0 Å². The summed E-state index contributed by atoms with van der Waals surface area (Å²) >= 11 is 0. The number of oxime groups is 1. The first-order chi connectivity index (χ1) is 9.17. The van der Waals surface area contributed by atoms with E-state index in [1.54, 1.807) is 13.3 Å². The van der Waals surface area contributed by atoms with Gasteiger partial charge in [-0.2, -0.15) is 0 Å². The Bertz CT molecular complexity index is 465. The van der Waals surface area contributed by atoms with Crippen molar-refractivity contribution in [2.45, 2.75) is 19.4 Å². The summed E-state index contributed by atoms with van der Waals surface area (Å²) in [6.07, 6.45) is 4.28. The Morgan fingerprint density at radius 3 is 2.95 bits per heavy atom. The number of methoxy groups -OCH3 is 1. The Labute approximate surface area is 112 Å². The van der Waals surface area contributed by atoms with Gasteiger partial charge >= 0.3 is 0 Å². The molecule has 1 saturated heterocycles. The van der Waals surface area contributed by atoms with Crippen molar-refractivity contribution in [3.63, 3.8) is 0 Å². The van der Waals surface area contributed by atoms with Gasteiger partial charge in [-0.1, -0.05) is 12.1 Å². The first kappa shape index (κ1) is 13.5. The van der Waals surface area contributed by atoms with E-state index in [9.17, 15) is 0 Å². The Morgan fingerprint density at radius 2 is 2.26 bits per heavy atom. The molecule has 2 heterocycles. The van der Waals surface area contributed by atoms with Crippen molar-refractivity contribution in [1.82, 2.24) is 9.97 Å². The molecule has 7 nitrogen and oxygen atoms in total. The number of piperidine rings is 1. The molecule has 1 aromatic heterocycles. The molecule has 0 bridgehead atoms. The van der Waals surface area contributed by atoms with Crippen LogP contribution >= 0.6 is 0 Å². The van der Waals surface area contributed by atoms with Gasteiger partial charge in [0.25, 0.3) is 0 Å². The van der Waals surface area contributed by atoms with E-state index in [-0.39, 0.29) is 11.9 Å². The number of hydrogen-bond acceptors (Lipinski definition) is 6. The van der Waals surface area contributed by atoms with Crippen LogP contribution in [0.1, 0.15) is 19.0 Å². The lowest BCUT2D eigenvalue weighted by Gasteiger charge is -2.37. The van der Waals surface area contributed by atoms with E-state index in [4.69, 9.17) is 15.7 Å². The molecule has 0 radical (unpaired) electrons. The molecule has 1 aliphatic rings. The maximum absolute atomic E-state index is 8.80. The van der Waals surface area contributed by atoms with E-state index < -0.39 is 0 Å². The predicted molar refractivity (Wildman–Crippen MR) is 71.3 cm³/mol. The number of aromatic nitrogens is 2. The summed E-state index contributed by atoms with van der Waals surface area (Å²) in [5.74, 6) is 1.10. The summed E-state index contributed by atoms with van der Waals surface area (Å²) in [6, 6.07) is 0. The minimum Gasteiger partial charge on any atom is -0.409 e. The van der Waals surface area contributed by atoms with Crippen LogP contribution in [0, 0.1) is 5.92 Å². The number of amidine groups is 1. The van der Waals surface area contributed by atoms with Crippen LogP contribution in [-0.2, 0) is 4.74 Å². The molecule has 2 unspecified atom stereocenters. The highest BCUT2D eigenvalue weighted by atomic mass is 16.5. The Balaban J connectivity index is 2.27. The lowest BCUT2D eigenvalue weighted by atomic mass is 9.96. The summed E-state index contributed by atoms with van der Waals surface area (Å²) < 4.78 is 5.48. The molecule has 1 aliphatic heterocycles. The molecule has 1 aromatic rings. The fourth-order valence-corrected chi connectivity index (χ4v) is 2.32. The lowest BCUT2D eigenvalue weighted by molar-refractivity contribution is 0.0496. The van der Waals surface area contributed by atoms with Crippen molar-refractivity contribution >= 4 is 11.7 Å². The quantitative estimate of drug-likeness (QED) is 0.356. The molecule has 2 rings (SSSR count). The molecule has 104 valence electrons. The van der Waals surface area contributed by atoms with Crippen LogP contribution in [-0.4, -0.2) is 47.3 Å². The van der Waals surface area contributed by atoms with Gasteiger partial charge in [0.1, 0.15) is 0 Å². The van der Waals surface area contributed by atoms with Crippen LogP contribution in [0.4, 0.5) is 5.82 Å². The minimum atomic E-state index is -0.0318. The van der Waals surface area contributed by atoms with Gasteiger partial charge in [-0.05, 0) is 12.3 Å². The average molecular weight is 265 g/mol. The zero-order valence-corrected chi connectivity index (χ0v) is 11.2. The summed E-state index contributed by atoms with van der Waals surface area (Å²) in [7, 11) is 1.71. The van der Waals surface area contributed by atoms with Crippen molar-refractivity contribution in [1.29, 1.82) is 0 Å². The normalized spacial score (nSPS) is 24.5. The van der Waals surface area contributed by atoms with Crippen LogP contribution < -0.4 is 10.6 Å². The molecular weight excluding hydrogens is 246 g/mol. The smallest absolute Gasteiger partial charge is 0.192 e. The van der Waals surface area contributed by atoms with E-state index in [1.807, 2.05) is 0 Å². The van der Waals surface area contributed by atoms with Crippen molar-refractivity contribution in [3.8, 4) is 0 Å². The number of nitrogens with two attached hydrogens (primary N) is 1. The van der Waals surface area contributed by atoms with Crippen molar-refractivity contribution in [2.75, 3.05) is 25.1 Å². The summed E-state index contributed by atoms with van der Waals surface area (Å²) in [5.41, 5.74) is 6.03. The number of anilines is 1. The van der Waals surface area contributed by atoms with Crippen LogP contribution in [0.15, 0.2) is 17.5 Å². The number of hydrogen-bond donors (Lipinski definition) is 2. The highest BCUT2D eigenvalue weighted by Gasteiger charge is 2.28. The van der Waals surface area contributed by atoms with E-state index in [2.05, 4.69) is 26.9 Å². The standard InChI is InChI=1S/C12H19N5O2/c1-8-3-6-17(7-9(8)19-2)12-10(11(13)16-18)14-4-5-15-12/h4-5,8-9,18H,3,6-7H2,1-2H3,(H2,13,16). The molecule has 0 aliphatic carbocycles. The van der Waals surface area contributed by atoms with Gasteiger partial charge < -0.3 is 20.6 Å². The first-order valence-electron chi connectivity index (χ1n) is 6.24. The highest BCUT2D eigenvalue weighted by Crippen LogP contribution is 2.24. The van der Waals surface area contributed by atoms with E-state index >= 15 is 0 Å². The molecule has 1 fully saturated rings. The monoisotopic (exact) mass is 265 g/mol. The second-order valence-corrected chi connectivity index (χ2v) is 4.70. The second kappa shape index (κ2) is 5.83. The molecule has 0 spiro atoms. The van der Waals surface area contributed by atoms with E-state index in [0.29, 0.717) is 17.4 Å². The van der Waals surface area contributed by atoms with Gasteiger partial charge in [0.2, 0.25) is 0 Å². The van der Waals surface area contributed by atoms with Gasteiger partial charge in [0.05, 0.1) is 6.10 Å². The fourth-order valence-electron chi connectivity index (χ4n) is 2.32.